The number of rotatable bonds is 4. The normalized spacial score (nSPS) is 19.8. The molecular weight excluding hydrogens is 178 g/mol. The van der Waals surface area contributed by atoms with E-state index in [0.717, 1.165) is 6.42 Å². The van der Waals surface area contributed by atoms with Crippen molar-refractivity contribution in [2.75, 3.05) is 6.54 Å². The summed E-state index contributed by atoms with van der Waals surface area (Å²) in [6, 6.07) is 0. The number of carboxylic acids is 1. The number of hydrogen-bond donors (Lipinski definition) is 2. The van der Waals surface area contributed by atoms with Crippen molar-refractivity contribution in [2.24, 2.45) is 0 Å². The second-order valence-electron chi connectivity index (χ2n) is 3.11. The highest BCUT2D eigenvalue weighted by Gasteiger charge is 2.43. The summed E-state index contributed by atoms with van der Waals surface area (Å²) in [6.45, 7) is 3.85. The Bertz CT molecular complexity index is 211. The van der Waals surface area contributed by atoms with Crippen molar-refractivity contribution in [3.63, 3.8) is 0 Å². The first kappa shape index (κ1) is 9.55. The highest BCUT2D eigenvalue weighted by atomic mass is 35.5. The molecule has 0 spiro atoms. The average Bonchev–Trinajstić information content (AvgIpc) is 1.83. The number of halogens is 1. The summed E-state index contributed by atoms with van der Waals surface area (Å²) < 4.78 is 0. The van der Waals surface area contributed by atoms with Gasteiger partial charge in [-0.1, -0.05) is 18.2 Å². The molecule has 0 amide bonds. The molecule has 0 atom stereocenters. The van der Waals surface area contributed by atoms with E-state index in [1.54, 1.807) is 0 Å². The Morgan fingerprint density at radius 1 is 1.67 bits per heavy atom. The average molecular weight is 190 g/mol. The summed E-state index contributed by atoms with van der Waals surface area (Å²) in [4.78, 5) is 10.8. The minimum atomic E-state index is -0.785. The van der Waals surface area contributed by atoms with Gasteiger partial charge in [0.1, 0.15) is 5.54 Å². The van der Waals surface area contributed by atoms with Gasteiger partial charge in [0, 0.05) is 11.6 Å². The van der Waals surface area contributed by atoms with Crippen LogP contribution >= 0.6 is 11.6 Å². The molecule has 0 heterocycles. The lowest BCUT2D eigenvalue weighted by atomic mass is 9.77. The number of carboxylic acid groups (broad SMARTS) is 1. The van der Waals surface area contributed by atoms with Crippen LogP contribution in [0.2, 0.25) is 0 Å². The molecule has 0 aromatic rings. The van der Waals surface area contributed by atoms with E-state index in [-0.39, 0.29) is 0 Å². The van der Waals surface area contributed by atoms with Gasteiger partial charge < -0.3 is 5.11 Å². The smallest absolute Gasteiger partial charge is 0.323 e. The summed E-state index contributed by atoms with van der Waals surface area (Å²) in [7, 11) is 0. The van der Waals surface area contributed by atoms with Gasteiger partial charge in [-0.15, -0.1) is 0 Å². The lowest BCUT2D eigenvalue weighted by molar-refractivity contribution is -0.148. The molecule has 0 aromatic heterocycles. The fourth-order valence-corrected chi connectivity index (χ4v) is 1.33. The Balaban J connectivity index is 2.45. The zero-order valence-corrected chi connectivity index (χ0v) is 7.52. The van der Waals surface area contributed by atoms with Crippen LogP contribution < -0.4 is 5.32 Å². The van der Waals surface area contributed by atoms with Crippen molar-refractivity contribution in [1.82, 2.24) is 5.32 Å². The molecule has 1 aliphatic carbocycles. The fraction of sp³-hybridized carbons (Fsp3) is 0.625. The highest BCUT2D eigenvalue weighted by Crippen LogP contribution is 2.32. The predicted molar refractivity (Wildman–Crippen MR) is 47.2 cm³/mol. The van der Waals surface area contributed by atoms with Crippen molar-refractivity contribution < 1.29 is 9.90 Å². The maximum atomic E-state index is 10.8. The topological polar surface area (TPSA) is 49.3 Å². The monoisotopic (exact) mass is 189 g/mol. The van der Waals surface area contributed by atoms with Crippen molar-refractivity contribution in [3.8, 4) is 0 Å². The first-order valence-corrected chi connectivity index (χ1v) is 4.26. The fourth-order valence-electron chi connectivity index (χ4n) is 1.26. The Morgan fingerprint density at radius 3 is 2.50 bits per heavy atom. The molecule has 2 N–H and O–H groups in total. The van der Waals surface area contributed by atoms with Crippen LogP contribution in [0.15, 0.2) is 11.6 Å². The third-order valence-corrected chi connectivity index (χ3v) is 2.37. The van der Waals surface area contributed by atoms with Crippen LogP contribution in [0.4, 0.5) is 0 Å². The molecule has 1 saturated carbocycles. The molecule has 68 valence electrons. The van der Waals surface area contributed by atoms with Gasteiger partial charge in [0.15, 0.2) is 0 Å². The van der Waals surface area contributed by atoms with Gasteiger partial charge in [0.2, 0.25) is 0 Å². The Labute approximate surface area is 76.4 Å². The second-order valence-corrected chi connectivity index (χ2v) is 3.65. The van der Waals surface area contributed by atoms with Crippen LogP contribution in [0, 0.1) is 0 Å². The zero-order chi connectivity index (χ0) is 9.19. The summed E-state index contributed by atoms with van der Waals surface area (Å²) in [5, 5.41) is 12.2. The van der Waals surface area contributed by atoms with Gasteiger partial charge in [-0.25, -0.2) is 0 Å². The summed E-state index contributed by atoms with van der Waals surface area (Å²) >= 11 is 5.52. The van der Waals surface area contributed by atoms with Crippen LogP contribution in [0.1, 0.15) is 19.3 Å². The molecule has 1 aliphatic rings. The molecule has 0 unspecified atom stereocenters. The number of carbonyl (C=O) groups is 1. The molecule has 0 aromatic carbocycles. The van der Waals surface area contributed by atoms with Crippen LogP contribution in [0.3, 0.4) is 0 Å². The molecule has 3 nitrogen and oxygen atoms in total. The summed E-state index contributed by atoms with van der Waals surface area (Å²) in [6.07, 6.45) is 2.34. The van der Waals surface area contributed by atoms with Gasteiger partial charge in [-0.05, 0) is 19.3 Å². The number of nitrogens with one attached hydrogen (secondary N) is 1. The quantitative estimate of drug-likeness (QED) is 0.702. The third kappa shape index (κ3) is 1.79. The maximum absolute atomic E-state index is 10.8. The van der Waals surface area contributed by atoms with E-state index in [0.29, 0.717) is 24.4 Å². The van der Waals surface area contributed by atoms with Crippen molar-refractivity contribution >= 4 is 17.6 Å². The Hall–Kier alpha value is -0.540. The molecule has 1 rings (SSSR count). The molecule has 0 saturated heterocycles. The van der Waals surface area contributed by atoms with E-state index in [9.17, 15) is 4.79 Å². The predicted octanol–water partition coefficient (Wildman–Crippen LogP) is 1.34. The van der Waals surface area contributed by atoms with E-state index in [1.165, 1.54) is 0 Å². The largest absolute Gasteiger partial charge is 0.480 e. The van der Waals surface area contributed by atoms with Crippen molar-refractivity contribution in [2.45, 2.75) is 24.8 Å². The van der Waals surface area contributed by atoms with Crippen LogP contribution in [0.25, 0.3) is 0 Å². The zero-order valence-electron chi connectivity index (χ0n) is 6.77. The Morgan fingerprint density at radius 2 is 2.25 bits per heavy atom. The number of hydrogen-bond acceptors (Lipinski definition) is 2. The van der Waals surface area contributed by atoms with E-state index in [4.69, 9.17) is 16.7 Å². The lowest BCUT2D eigenvalue weighted by Gasteiger charge is -2.38. The Kier molecular flexibility index (Phi) is 2.75. The maximum Gasteiger partial charge on any atom is 0.323 e. The van der Waals surface area contributed by atoms with Crippen LogP contribution in [-0.4, -0.2) is 23.2 Å². The third-order valence-electron chi connectivity index (χ3n) is 2.24. The molecule has 12 heavy (non-hydrogen) atoms. The van der Waals surface area contributed by atoms with E-state index >= 15 is 0 Å². The van der Waals surface area contributed by atoms with Gasteiger partial charge in [-0.3, -0.25) is 10.1 Å². The molecule has 4 heteroatoms. The van der Waals surface area contributed by atoms with Crippen molar-refractivity contribution in [1.29, 1.82) is 0 Å². The van der Waals surface area contributed by atoms with Crippen LogP contribution in [-0.2, 0) is 4.79 Å². The molecular formula is C8H12ClNO2. The van der Waals surface area contributed by atoms with E-state index in [2.05, 4.69) is 11.9 Å². The standard InChI is InChI=1S/C8H12ClNO2/c1-6(9)5-10-8(7(11)12)3-2-4-8/h10H,1-5H2,(H,11,12). The minimum Gasteiger partial charge on any atom is -0.480 e. The van der Waals surface area contributed by atoms with Gasteiger partial charge in [-0.2, -0.15) is 0 Å². The second kappa shape index (κ2) is 3.46. The summed E-state index contributed by atoms with van der Waals surface area (Å²) in [5.74, 6) is -0.785. The SMILES string of the molecule is C=C(Cl)CNC1(C(=O)O)CCC1. The van der Waals surface area contributed by atoms with Gasteiger partial charge in [0.25, 0.3) is 0 Å². The lowest BCUT2D eigenvalue weighted by Crippen LogP contribution is -2.57. The minimum absolute atomic E-state index is 0.369. The van der Waals surface area contributed by atoms with Crippen LogP contribution in [0.5, 0.6) is 0 Å². The van der Waals surface area contributed by atoms with Crippen molar-refractivity contribution in [3.05, 3.63) is 11.6 Å². The summed E-state index contributed by atoms with van der Waals surface area (Å²) in [5.41, 5.74) is -0.724. The van der Waals surface area contributed by atoms with Gasteiger partial charge in [0.05, 0.1) is 0 Å². The molecule has 1 fully saturated rings. The highest BCUT2D eigenvalue weighted by molar-refractivity contribution is 6.29. The first-order chi connectivity index (χ1) is 5.57. The molecule has 0 aliphatic heterocycles. The van der Waals surface area contributed by atoms with E-state index in [1.807, 2.05) is 0 Å². The molecule has 0 radical (unpaired) electrons. The molecule has 0 bridgehead atoms. The van der Waals surface area contributed by atoms with E-state index < -0.39 is 11.5 Å². The van der Waals surface area contributed by atoms with Gasteiger partial charge >= 0.3 is 5.97 Å². The first-order valence-electron chi connectivity index (χ1n) is 3.88. The number of aliphatic carboxylic acids is 1.